The second-order valence-corrected chi connectivity index (χ2v) is 6.53. The summed E-state index contributed by atoms with van der Waals surface area (Å²) in [5.41, 5.74) is 1.71. The van der Waals surface area contributed by atoms with Gasteiger partial charge in [0, 0.05) is 26.2 Å². The Bertz CT molecular complexity index is 865. The molecule has 10 heteroatoms. The van der Waals surface area contributed by atoms with E-state index in [1.807, 2.05) is 35.8 Å². The van der Waals surface area contributed by atoms with Gasteiger partial charge in [-0.15, -0.1) is 0 Å². The van der Waals surface area contributed by atoms with Gasteiger partial charge in [0.2, 0.25) is 0 Å². The topological polar surface area (TPSA) is 87.5 Å². The van der Waals surface area contributed by atoms with Crippen LogP contribution in [-0.2, 0) is 11.3 Å². The summed E-state index contributed by atoms with van der Waals surface area (Å²) >= 11 is 0. The van der Waals surface area contributed by atoms with E-state index in [2.05, 4.69) is 10.3 Å². The zero-order chi connectivity index (χ0) is 19.8. The SMILES string of the molecule is Cc1nc2ccccc2n1CCNC(=O)N1C[C@@H](C(F)(F)F)[C@H](C(=O)O)C1. The van der Waals surface area contributed by atoms with E-state index in [0.29, 0.717) is 6.54 Å². The van der Waals surface area contributed by atoms with Crippen LogP contribution in [0, 0.1) is 18.8 Å². The standard InChI is InChI=1S/C17H19F3N4O3/c1-10-22-13-4-2-3-5-14(13)24(10)7-6-21-16(27)23-8-11(15(25)26)12(9-23)17(18,19)20/h2-5,11-12H,6-9H2,1H3,(H,21,27)(H,25,26)/t11-,12-/m1/s1. The number of hydrogen-bond acceptors (Lipinski definition) is 3. The Kier molecular flexibility index (Phi) is 4.99. The summed E-state index contributed by atoms with van der Waals surface area (Å²) in [6.45, 7) is 1.30. The molecular formula is C17H19F3N4O3. The van der Waals surface area contributed by atoms with Crippen molar-refractivity contribution in [3.63, 3.8) is 0 Å². The lowest BCUT2D eigenvalue weighted by Gasteiger charge is -2.19. The molecule has 0 saturated carbocycles. The first-order chi connectivity index (χ1) is 12.7. The van der Waals surface area contributed by atoms with E-state index in [9.17, 15) is 22.8 Å². The minimum absolute atomic E-state index is 0.185. The van der Waals surface area contributed by atoms with Crippen molar-refractivity contribution in [1.82, 2.24) is 19.8 Å². The number of hydrogen-bond donors (Lipinski definition) is 2. The van der Waals surface area contributed by atoms with Crippen LogP contribution < -0.4 is 5.32 Å². The molecular weight excluding hydrogens is 365 g/mol. The van der Waals surface area contributed by atoms with E-state index in [0.717, 1.165) is 21.8 Å². The van der Waals surface area contributed by atoms with Gasteiger partial charge in [-0.05, 0) is 19.1 Å². The van der Waals surface area contributed by atoms with Gasteiger partial charge in [0.25, 0.3) is 0 Å². The number of aliphatic carboxylic acids is 1. The van der Waals surface area contributed by atoms with Crippen LogP contribution in [0.4, 0.5) is 18.0 Å². The number of nitrogens with zero attached hydrogens (tertiary/aromatic N) is 3. The van der Waals surface area contributed by atoms with Crippen LogP contribution in [0.3, 0.4) is 0 Å². The van der Waals surface area contributed by atoms with Crippen molar-refractivity contribution in [2.45, 2.75) is 19.6 Å². The predicted molar refractivity (Wildman–Crippen MR) is 90.1 cm³/mol. The largest absolute Gasteiger partial charge is 0.481 e. The first-order valence-electron chi connectivity index (χ1n) is 8.42. The summed E-state index contributed by atoms with van der Waals surface area (Å²) in [5.74, 6) is -4.49. The van der Waals surface area contributed by atoms with Crippen LogP contribution in [0.15, 0.2) is 24.3 Å². The van der Waals surface area contributed by atoms with Crippen molar-refractivity contribution in [2.75, 3.05) is 19.6 Å². The Hall–Kier alpha value is -2.78. The Labute approximate surface area is 152 Å². The van der Waals surface area contributed by atoms with Crippen LogP contribution in [0.1, 0.15) is 5.82 Å². The Morgan fingerprint density at radius 1 is 1.30 bits per heavy atom. The van der Waals surface area contributed by atoms with Gasteiger partial charge in [0.1, 0.15) is 5.82 Å². The monoisotopic (exact) mass is 384 g/mol. The summed E-state index contributed by atoms with van der Waals surface area (Å²) in [4.78, 5) is 28.6. The number of likely N-dealkylation sites (tertiary alicyclic amines) is 1. The normalized spacial score (nSPS) is 20.2. The number of para-hydroxylation sites is 2. The van der Waals surface area contributed by atoms with Gasteiger partial charge in [0.15, 0.2) is 0 Å². The van der Waals surface area contributed by atoms with Crippen molar-refractivity contribution in [3.8, 4) is 0 Å². The number of halogens is 3. The highest BCUT2D eigenvalue weighted by Crippen LogP contribution is 2.37. The van der Waals surface area contributed by atoms with Crippen LogP contribution >= 0.6 is 0 Å². The molecule has 1 saturated heterocycles. The number of carboxylic acids is 1. The maximum absolute atomic E-state index is 13.0. The molecule has 1 aliphatic rings. The third-order valence-corrected chi connectivity index (χ3v) is 4.80. The molecule has 0 spiro atoms. The number of aryl methyl sites for hydroxylation is 1. The molecule has 2 heterocycles. The van der Waals surface area contributed by atoms with Crippen LogP contribution in [0.25, 0.3) is 11.0 Å². The summed E-state index contributed by atoms with van der Waals surface area (Å²) in [7, 11) is 0. The fourth-order valence-corrected chi connectivity index (χ4v) is 3.42. The van der Waals surface area contributed by atoms with E-state index >= 15 is 0 Å². The molecule has 0 radical (unpaired) electrons. The van der Waals surface area contributed by atoms with Crippen LogP contribution in [0.2, 0.25) is 0 Å². The van der Waals surface area contributed by atoms with Gasteiger partial charge in [0.05, 0.1) is 22.9 Å². The zero-order valence-electron chi connectivity index (χ0n) is 14.5. The molecule has 0 bridgehead atoms. The lowest BCUT2D eigenvalue weighted by atomic mass is 9.96. The van der Waals surface area contributed by atoms with E-state index in [1.165, 1.54) is 0 Å². The number of carboxylic acid groups (broad SMARTS) is 1. The summed E-state index contributed by atoms with van der Waals surface area (Å²) in [6, 6.07) is 6.79. The Balaban J connectivity index is 1.61. The highest BCUT2D eigenvalue weighted by atomic mass is 19.4. The lowest BCUT2D eigenvalue weighted by molar-refractivity contribution is -0.187. The van der Waals surface area contributed by atoms with Crippen molar-refractivity contribution in [2.24, 2.45) is 11.8 Å². The van der Waals surface area contributed by atoms with Crippen molar-refractivity contribution < 1.29 is 27.9 Å². The van der Waals surface area contributed by atoms with Gasteiger partial charge < -0.3 is 19.9 Å². The first kappa shape index (κ1) is 19.0. The third-order valence-electron chi connectivity index (χ3n) is 4.80. The molecule has 2 atom stereocenters. The maximum atomic E-state index is 13.0. The number of benzene rings is 1. The molecule has 1 aromatic heterocycles. The Morgan fingerprint density at radius 3 is 2.63 bits per heavy atom. The van der Waals surface area contributed by atoms with E-state index in [4.69, 9.17) is 5.11 Å². The molecule has 0 aliphatic carbocycles. The van der Waals surface area contributed by atoms with Crippen molar-refractivity contribution in [1.29, 1.82) is 0 Å². The third kappa shape index (κ3) is 3.83. The Morgan fingerprint density at radius 2 is 2.00 bits per heavy atom. The molecule has 2 aromatic rings. The maximum Gasteiger partial charge on any atom is 0.394 e. The average molecular weight is 384 g/mol. The molecule has 2 amide bonds. The first-order valence-corrected chi connectivity index (χ1v) is 8.42. The van der Waals surface area contributed by atoms with Gasteiger partial charge >= 0.3 is 18.2 Å². The molecule has 3 rings (SSSR count). The number of urea groups is 1. The second kappa shape index (κ2) is 7.09. The summed E-state index contributed by atoms with van der Waals surface area (Å²) in [6.07, 6.45) is -4.66. The molecule has 2 N–H and O–H groups in total. The fourth-order valence-electron chi connectivity index (χ4n) is 3.42. The van der Waals surface area contributed by atoms with Crippen molar-refractivity contribution >= 4 is 23.0 Å². The average Bonchev–Trinajstić information content (AvgIpc) is 3.17. The van der Waals surface area contributed by atoms with Gasteiger partial charge in [-0.2, -0.15) is 13.2 Å². The second-order valence-electron chi connectivity index (χ2n) is 6.53. The molecule has 146 valence electrons. The number of amides is 2. The molecule has 7 nitrogen and oxygen atoms in total. The highest BCUT2D eigenvalue weighted by Gasteiger charge is 2.53. The van der Waals surface area contributed by atoms with Crippen LogP contribution in [-0.4, -0.2) is 57.4 Å². The molecule has 1 aromatic carbocycles. The summed E-state index contributed by atoms with van der Waals surface area (Å²) < 4.78 is 40.9. The van der Waals surface area contributed by atoms with E-state index in [1.54, 1.807) is 0 Å². The minimum atomic E-state index is -4.66. The molecule has 0 unspecified atom stereocenters. The van der Waals surface area contributed by atoms with Gasteiger partial charge in [-0.25, -0.2) is 9.78 Å². The number of aromatic nitrogens is 2. The lowest BCUT2D eigenvalue weighted by Crippen LogP contribution is -2.40. The van der Waals surface area contributed by atoms with Gasteiger partial charge in [-0.3, -0.25) is 4.79 Å². The molecule has 1 aliphatic heterocycles. The smallest absolute Gasteiger partial charge is 0.394 e. The number of alkyl halides is 3. The molecule has 1 fully saturated rings. The zero-order valence-corrected chi connectivity index (χ0v) is 14.5. The highest BCUT2D eigenvalue weighted by molar-refractivity contribution is 5.78. The van der Waals surface area contributed by atoms with Gasteiger partial charge in [-0.1, -0.05) is 12.1 Å². The van der Waals surface area contributed by atoms with E-state index < -0.39 is 43.1 Å². The summed E-state index contributed by atoms with van der Waals surface area (Å²) in [5, 5.41) is 11.6. The van der Waals surface area contributed by atoms with Crippen LogP contribution in [0.5, 0.6) is 0 Å². The number of nitrogens with one attached hydrogen (secondary N) is 1. The predicted octanol–water partition coefficient (Wildman–Crippen LogP) is 2.25. The number of rotatable bonds is 4. The molecule has 27 heavy (non-hydrogen) atoms. The fraction of sp³-hybridized carbons (Fsp3) is 0.471. The number of imidazole rings is 1. The number of carbonyl (C=O) groups is 2. The number of carbonyl (C=O) groups excluding carboxylic acids is 1. The van der Waals surface area contributed by atoms with Crippen molar-refractivity contribution in [3.05, 3.63) is 30.1 Å². The van der Waals surface area contributed by atoms with E-state index in [-0.39, 0.29) is 6.54 Å². The minimum Gasteiger partial charge on any atom is -0.481 e. The number of fused-ring (bicyclic) bond motifs is 1. The quantitative estimate of drug-likeness (QED) is 0.847.